The Balaban J connectivity index is 1.61. The molecule has 1 N–H and O–H groups in total. The molecule has 2 atom stereocenters. The highest BCUT2D eigenvalue weighted by molar-refractivity contribution is 5.16. The zero-order chi connectivity index (χ0) is 13.1. The summed E-state index contributed by atoms with van der Waals surface area (Å²) in [6.45, 7) is 4.73. The van der Waals surface area contributed by atoms with Crippen LogP contribution in [0.3, 0.4) is 0 Å². The summed E-state index contributed by atoms with van der Waals surface area (Å²) in [5, 5.41) is 3.76. The molecule has 0 aromatic heterocycles. The molecule has 2 fully saturated rings. The Labute approximate surface area is 117 Å². The van der Waals surface area contributed by atoms with Crippen LogP contribution < -0.4 is 5.32 Å². The first-order valence-electron chi connectivity index (χ1n) is 7.90. The highest BCUT2D eigenvalue weighted by Crippen LogP contribution is 2.29. The number of hydrogen-bond donors (Lipinski definition) is 1. The van der Waals surface area contributed by atoms with Crippen molar-refractivity contribution in [2.75, 3.05) is 13.1 Å². The van der Waals surface area contributed by atoms with Crippen molar-refractivity contribution in [3.63, 3.8) is 0 Å². The van der Waals surface area contributed by atoms with Gasteiger partial charge in [-0.05, 0) is 31.2 Å². The van der Waals surface area contributed by atoms with Crippen molar-refractivity contribution < 1.29 is 0 Å². The van der Waals surface area contributed by atoms with Gasteiger partial charge >= 0.3 is 0 Å². The molecule has 1 saturated carbocycles. The third-order valence-corrected chi connectivity index (χ3v) is 4.88. The molecule has 0 radical (unpaired) electrons. The summed E-state index contributed by atoms with van der Waals surface area (Å²) in [7, 11) is 0. The van der Waals surface area contributed by atoms with Crippen LogP contribution in [0.4, 0.5) is 0 Å². The van der Waals surface area contributed by atoms with Crippen LogP contribution in [0.25, 0.3) is 0 Å². The van der Waals surface area contributed by atoms with E-state index in [0.29, 0.717) is 6.04 Å². The van der Waals surface area contributed by atoms with Crippen LogP contribution in [0.15, 0.2) is 30.3 Å². The molecule has 0 spiro atoms. The monoisotopic (exact) mass is 258 g/mol. The summed E-state index contributed by atoms with van der Waals surface area (Å²) in [6, 6.07) is 13.2. The number of piperazine rings is 1. The largest absolute Gasteiger partial charge is 0.311 e. The summed E-state index contributed by atoms with van der Waals surface area (Å²) in [5.74, 6) is 0. The minimum Gasteiger partial charge on any atom is -0.311 e. The first-order valence-corrected chi connectivity index (χ1v) is 7.90. The second kappa shape index (κ2) is 6.06. The lowest BCUT2D eigenvalue weighted by molar-refractivity contribution is 0.0405. The molecule has 1 aliphatic heterocycles. The smallest absolute Gasteiger partial charge is 0.0236 e. The van der Waals surface area contributed by atoms with Crippen LogP contribution in [0.5, 0.6) is 0 Å². The maximum Gasteiger partial charge on any atom is 0.0236 e. The van der Waals surface area contributed by atoms with Gasteiger partial charge in [-0.15, -0.1) is 0 Å². The molecule has 0 bridgehead atoms. The average molecular weight is 258 g/mol. The molecule has 2 aliphatic rings. The third-order valence-electron chi connectivity index (χ3n) is 4.88. The molecule has 0 amide bonds. The quantitative estimate of drug-likeness (QED) is 0.893. The number of rotatable bonds is 4. The second-order valence-electron chi connectivity index (χ2n) is 6.14. The van der Waals surface area contributed by atoms with Crippen molar-refractivity contribution in [1.29, 1.82) is 0 Å². The molecule has 2 heteroatoms. The molecule has 1 heterocycles. The van der Waals surface area contributed by atoms with Crippen LogP contribution in [-0.2, 0) is 6.42 Å². The Hall–Kier alpha value is -0.860. The van der Waals surface area contributed by atoms with Crippen molar-refractivity contribution in [2.24, 2.45) is 0 Å². The molecule has 1 aromatic carbocycles. The van der Waals surface area contributed by atoms with Crippen LogP contribution in [0, 0.1) is 0 Å². The van der Waals surface area contributed by atoms with Gasteiger partial charge in [-0.1, -0.05) is 43.7 Å². The van der Waals surface area contributed by atoms with Gasteiger partial charge in [0, 0.05) is 31.2 Å². The molecule has 1 saturated heterocycles. The Morgan fingerprint density at radius 1 is 1.21 bits per heavy atom. The fourth-order valence-corrected chi connectivity index (χ4v) is 3.47. The Kier molecular flexibility index (Phi) is 4.19. The van der Waals surface area contributed by atoms with E-state index in [0.717, 1.165) is 12.1 Å². The standard InChI is InChI=1S/C17H26N2/c1-2-16-12-18-15(11-14-7-4-3-5-8-14)13-19(16)17-9-6-10-17/h3-5,7-8,15-18H,2,6,9-13H2,1H3. The number of nitrogens with zero attached hydrogens (tertiary/aromatic N) is 1. The van der Waals surface area contributed by atoms with E-state index in [-0.39, 0.29) is 0 Å². The first-order chi connectivity index (χ1) is 9.36. The Morgan fingerprint density at radius 2 is 2.00 bits per heavy atom. The highest BCUT2D eigenvalue weighted by Gasteiger charge is 2.34. The summed E-state index contributed by atoms with van der Waals surface area (Å²) < 4.78 is 0. The van der Waals surface area contributed by atoms with Crippen molar-refractivity contribution in [3.8, 4) is 0 Å². The predicted octanol–water partition coefficient (Wildman–Crippen LogP) is 2.83. The topological polar surface area (TPSA) is 15.3 Å². The SMILES string of the molecule is CCC1CNC(Cc2ccccc2)CN1C1CCC1. The van der Waals surface area contributed by atoms with Crippen molar-refractivity contribution in [2.45, 2.75) is 57.2 Å². The molecule has 1 aliphatic carbocycles. The van der Waals surface area contributed by atoms with Crippen LogP contribution in [0.2, 0.25) is 0 Å². The fourth-order valence-electron chi connectivity index (χ4n) is 3.47. The summed E-state index contributed by atoms with van der Waals surface area (Å²) in [4.78, 5) is 2.80. The summed E-state index contributed by atoms with van der Waals surface area (Å²) in [6.07, 6.45) is 6.74. The average Bonchev–Trinajstić information content (AvgIpc) is 2.38. The predicted molar refractivity (Wildman–Crippen MR) is 80.4 cm³/mol. The first kappa shape index (κ1) is 13.1. The highest BCUT2D eigenvalue weighted by atomic mass is 15.3. The number of nitrogens with one attached hydrogen (secondary N) is 1. The van der Waals surface area contributed by atoms with Gasteiger partial charge in [-0.3, -0.25) is 4.90 Å². The lowest BCUT2D eigenvalue weighted by Crippen LogP contribution is -2.61. The third kappa shape index (κ3) is 3.01. The van der Waals surface area contributed by atoms with Gasteiger partial charge < -0.3 is 5.32 Å². The summed E-state index contributed by atoms with van der Waals surface area (Å²) >= 11 is 0. The lowest BCUT2D eigenvalue weighted by Gasteiger charge is -2.47. The van der Waals surface area contributed by atoms with Crippen molar-refractivity contribution >= 4 is 0 Å². The van der Waals surface area contributed by atoms with Gasteiger partial charge in [0.2, 0.25) is 0 Å². The van der Waals surface area contributed by atoms with E-state index in [9.17, 15) is 0 Å². The van der Waals surface area contributed by atoms with E-state index in [1.165, 1.54) is 50.8 Å². The molecule has 104 valence electrons. The van der Waals surface area contributed by atoms with Crippen LogP contribution in [-0.4, -0.2) is 36.1 Å². The molecule has 2 nitrogen and oxygen atoms in total. The van der Waals surface area contributed by atoms with Gasteiger partial charge in [0.1, 0.15) is 0 Å². The van der Waals surface area contributed by atoms with E-state index < -0.39 is 0 Å². The molecular weight excluding hydrogens is 232 g/mol. The van der Waals surface area contributed by atoms with E-state index in [4.69, 9.17) is 0 Å². The summed E-state index contributed by atoms with van der Waals surface area (Å²) in [5.41, 5.74) is 1.46. The minimum atomic E-state index is 0.630. The van der Waals surface area contributed by atoms with Crippen molar-refractivity contribution in [3.05, 3.63) is 35.9 Å². The molecule has 3 rings (SSSR count). The molecular formula is C17H26N2. The van der Waals surface area contributed by atoms with Gasteiger partial charge in [0.05, 0.1) is 0 Å². The Morgan fingerprint density at radius 3 is 2.63 bits per heavy atom. The van der Waals surface area contributed by atoms with E-state index in [2.05, 4.69) is 47.5 Å². The minimum absolute atomic E-state index is 0.630. The van der Waals surface area contributed by atoms with E-state index >= 15 is 0 Å². The van der Waals surface area contributed by atoms with Crippen molar-refractivity contribution in [1.82, 2.24) is 10.2 Å². The van der Waals surface area contributed by atoms with Gasteiger partial charge in [-0.25, -0.2) is 0 Å². The molecule has 19 heavy (non-hydrogen) atoms. The number of benzene rings is 1. The second-order valence-corrected chi connectivity index (χ2v) is 6.14. The number of hydrogen-bond acceptors (Lipinski definition) is 2. The van der Waals surface area contributed by atoms with Crippen LogP contribution in [0.1, 0.15) is 38.2 Å². The fraction of sp³-hybridized carbons (Fsp3) is 0.647. The normalized spacial score (nSPS) is 29.1. The zero-order valence-electron chi connectivity index (χ0n) is 12.0. The van der Waals surface area contributed by atoms with Gasteiger partial charge in [0.15, 0.2) is 0 Å². The zero-order valence-corrected chi connectivity index (χ0v) is 12.0. The van der Waals surface area contributed by atoms with E-state index in [1.54, 1.807) is 0 Å². The van der Waals surface area contributed by atoms with Crippen LogP contribution >= 0.6 is 0 Å². The van der Waals surface area contributed by atoms with Gasteiger partial charge in [-0.2, -0.15) is 0 Å². The lowest BCUT2D eigenvalue weighted by atomic mass is 9.88. The molecule has 2 unspecified atom stereocenters. The van der Waals surface area contributed by atoms with Gasteiger partial charge in [0.25, 0.3) is 0 Å². The Bertz CT molecular complexity index is 386. The maximum absolute atomic E-state index is 3.76. The molecule has 1 aromatic rings. The maximum atomic E-state index is 3.76. The van der Waals surface area contributed by atoms with E-state index in [1.807, 2.05) is 0 Å².